The van der Waals surface area contributed by atoms with Gasteiger partial charge in [0.2, 0.25) is 0 Å². The number of hydrogen-bond donors (Lipinski definition) is 0. The summed E-state index contributed by atoms with van der Waals surface area (Å²) in [4.78, 5) is 0. The van der Waals surface area contributed by atoms with Crippen molar-refractivity contribution in [1.29, 1.82) is 0 Å². The summed E-state index contributed by atoms with van der Waals surface area (Å²) in [6, 6.07) is 13.3. The molecule has 107 valence electrons. The Kier molecular flexibility index (Phi) is 3.71. The first kappa shape index (κ1) is 14.1. The first-order valence-electron chi connectivity index (χ1n) is 7.90. The Morgan fingerprint density at radius 2 is 1.76 bits per heavy atom. The molecule has 2 aromatic rings. The van der Waals surface area contributed by atoms with Crippen molar-refractivity contribution in [2.24, 2.45) is 5.92 Å². The van der Waals surface area contributed by atoms with E-state index < -0.39 is 0 Å². The fourth-order valence-electron chi connectivity index (χ4n) is 3.18. The van der Waals surface area contributed by atoms with E-state index in [1.54, 1.807) is 0 Å². The van der Waals surface area contributed by atoms with Gasteiger partial charge < -0.3 is 0 Å². The van der Waals surface area contributed by atoms with Gasteiger partial charge in [0.1, 0.15) is 0 Å². The predicted octanol–water partition coefficient (Wildman–Crippen LogP) is 5.83. The van der Waals surface area contributed by atoms with Crippen LogP contribution in [-0.2, 0) is 6.42 Å². The van der Waals surface area contributed by atoms with Gasteiger partial charge in [-0.2, -0.15) is 0 Å². The third-order valence-electron chi connectivity index (χ3n) is 4.46. The molecule has 1 aliphatic carbocycles. The van der Waals surface area contributed by atoms with Crippen LogP contribution in [-0.4, -0.2) is 0 Å². The molecule has 3 rings (SSSR count). The highest BCUT2D eigenvalue weighted by molar-refractivity contribution is 5.86. The quantitative estimate of drug-likeness (QED) is 0.661. The van der Waals surface area contributed by atoms with Crippen LogP contribution in [0.2, 0.25) is 0 Å². The maximum absolute atomic E-state index is 2.38. The molecule has 0 amide bonds. The Morgan fingerprint density at radius 1 is 1.00 bits per heavy atom. The molecule has 1 radical (unpaired) electrons. The predicted molar refractivity (Wildman–Crippen MR) is 92.2 cm³/mol. The van der Waals surface area contributed by atoms with Crippen molar-refractivity contribution in [2.45, 2.75) is 34.1 Å². The molecule has 0 saturated carbocycles. The highest BCUT2D eigenvalue weighted by atomic mass is 14.2. The highest BCUT2D eigenvalue weighted by Crippen LogP contribution is 2.40. The van der Waals surface area contributed by atoms with E-state index in [1.165, 1.54) is 39.0 Å². The summed E-state index contributed by atoms with van der Waals surface area (Å²) < 4.78 is 0. The molecule has 0 aromatic heterocycles. The van der Waals surface area contributed by atoms with Crippen LogP contribution in [0.15, 0.2) is 42.0 Å². The molecule has 0 heteroatoms. The Morgan fingerprint density at radius 3 is 2.48 bits per heavy atom. The fraction of sp³-hybridized carbons (Fsp3) is 0.286. The van der Waals surface area contributed by atoms with Crippen LogP contribution in [0, 0.1) is 19.3 Å². The van der Waals surface area contributed by atoms with Crippen LogP contribution in [0.1, 0.15) is 43.0 Å². The zero-order valence-electron chi connectivity index (χ0n) is 13.4. The zero-order chi connectivity index (χ0) is 15.0. The monoisotopic (exact) mass is 275 g/mol. The van der Waals surface area contributed by atoms with E-state index in [1.807, 2.05) is 0 Å². The van der Waals surface area contributed by atoms with Crippen LogP contribution in [0.3, 0.4) is 0 Å². The van der Waals surface area contributed by atoms with Crippen molar-refractivity contribution in [3.63, 3.8) is 0 Å². The molecule has 0 fully saturated rings. The number of aryl methyl sites for hydroxylation is 2. The lowest BCUT2D eigenvalue weighted by atomic mass is 9.89. The average Bonchev–Trinajstić information content (AvgIpc) is 2.91. The molecule has 0 bridgehead atoms. The molecule has 2 aromatic carbocycles. The summed E-state index contributed by atoms with van der Waals surface area (Å²) in [5.74, 6) is 0.576. The summed E-state index contributed by atoms with van der Waals surface area (Å²) in [6.07, 6.45) is 5.80. The summed E-state index contributed by atoms with van der Waals surface area (Å²) in [7, 11) is 0. The lowest BCUT2D eigenvalue weighted by molar-refractivity contribution is 0.789. The smallest absolute Gasteiger partial charge is 0.0167 e. The maximum Gasteiger partial charge on any atom is 0.0167 e. The molecular weight excluding hydrogens is 252 g/mol. The van der Waals surface area contributed by atoms with Gasteiger partial charge in [-0.1, -0.05) is 68.8 Å². The largest absolute Gasteiger partial charge is 0.0620 e. The van der Waals surface area contributed by atoms with Crippen LogP contribution in [0.4, 0.5) is 0 Å². The lowest BCUT2D eigenvalue weighted by Crippen LogP contribution is -1.94. The van der Waals surface area contributed by atoms with Gasteiger partial charge >= 0.3 is 0 Å². The molecule has 0 atom stereocenters. The molecule has 0 aliphatic heterocycles. The molecule has 1 aliphatic rings. The van der Waals surface area contributed by atoms with Gasteiger partial charge in [0, 0.05) is 6.42 Å². The van der Waals surface area contributed by atoms with E-state index in [0.717, 1.165) is 6.42 Å². The second-order valence-electron chi connectivity index (χ2n) is 6.21. The summed E-state index contributed by atoms with van der Waals surface area (Å²) in [6.45, 7) is 8.99. The Bertz CT molecular complexity index is 702. The molecule has 0 N–H and O–H groups in total. The third kappa shape index (κ3) is 2.44. The molecule has 0 nitrogen and oxygen atoms in total. The SMILES string of the molecule is CCc1ccccc1-c1c(C)ccc2c1C=C(C(C)C)[CH]2. The van der Waals surface area contributed by atoms with Crippen molar-refractivity contribution in [2.75, 3.05) is 0 Å². The third-order valence-corrected chi connectivity index (χ3v) is 4.46. The number of allylic oxidation sites excluding steroid dienone is 1. The molecule has 0 unspecified atom stereocenters. The van der Waals surface area contributed by atoms with Gasteiger partial charge in [0.15, 0.2) is 0 Å². The lowest BCUT2D eigenvalue weighted by Gasteiger charge is -2.15. The number of rotatable bonds is 3. The summed E-state index contributed by atoms with van der Waals surface area (Å²) >= 11 is 0. The second kappa shape index (κ2) is 5.52. The molecule has 0 saturated heterocycles. The first-order chi connectivity index (χ1) is 10.1. The minimum absolute atomic E-state index is 0.576. The fourth-order valence-corrected chi connectivity index (χ4v) is 3.18. The van der Waals surface area contributed by atoms with Crippen molar-refractivity contribution >= 4 is 6.08 Å². The van der Waals surface area contributed by atoms with Crippen molar-refractivity contribution in [3.8, 4) is 11.1 Å². The zero-order valence-corrected chi connectivity index (χ0v) is 13.4. The van der Waals surface area contributed by atoms with Crippen LogP contribution in [0.5, 0.6) is 0 Å². The Hall–Kier alpha value is -1.82. The topological polar surface area (TPSA) is 0 Å². The van der Waals surface area contributed by atoms with E-state index in [9.17, 15) is 0 Å². The minimum Gasteiger partial charge on any atom is -0.0620 e. The van der Waals surface area contributed by atoms with E-state index in [2.05, 4.69) is 76.6 Å². The standard InChI is InChI=1S/C21H23/c1-5-16-8-6-7-9-19(16)21-15(4)10-11-17-12-18(14(2)3)13-20(17)21/h6-14H,5H2,1-4H3. The molecule has 21 heavy (non-hydrogen) atoms. The van der Waals surface area contributed by atoms with Crippen LogP contribution < -0.4 is 0 Å². The van der Waals surface area contributed by atoms with Crippen molar-refractivity contribution in [3.05, 3.63) is 70.6 Å². The van der Waals surface area contributed by atoms with Crippen molar-refractivity contribution < 1.29 is 0 Å². The number of benzene rings is 2. The van der Waals surface area contributed by atoms with Crippen molar-refractivity contribution in [1.82, 2.24) is 0 Å². The van der Waals surface area contributed by atoms with E-state index in [-0.39, 0.29) is 0 Å². The van der Waals surface area contributed by atoms with Gasteiger partial charge in [-0.3, -0.25) is 0 Å². The second-order valence-corrected chi connectivity index (χ2v) is 6.21. The first-order valence-corrected chi connectivity index (χ1v) is 7.90. The summed E-state index contributed by atoms with van der Waals surface area (Å²) in [5, 5.41) is 0. The minimum atomic E-state index is 0.576. The molecule has 0 spiro atoms. The number of fused-ring (bicyclic) bond motifs is 1. The number of hydrogen-bond acceptors (Lipinski definition) is 0. The van der Waals surface area contributed by atoms with Gasteiger partial charge in [-0.15, -0.1) is 0 Å². The van der Waals surface area contributed by atoms with E-state index in [4.69, 9.17) is 0 Å². The average molecular weight is 275 g/mol. The maximum atomic E-state index is 2.38. The van der Waals surface area contributed by atoms with E-state index in [0.29, 0.717) is 5.92 Å². The Balaban J connectivity index is 2.23. The van der Waals surface area contributed by atoms with Crippen LogP contribution in [0.25, 0.3) is 17.2 Å². The van der Waals surface area contributed by atoms with Gasteiger partial charge in [0.25, 0.3) is 0 Å². The summed E-state index contributed by atoms with van der Waals surface area (Å²) in [5.41, 5.74) is 9.81. The normalized spacial score (nSPS) is 13.5. The molecular formula is C21H23. The van der Waals surface area contributed by atoms with Crippen LogP contribution >= 0.6 is 0 Å². The Labute approximate surface area is 128 Å². The van der Waals surface area contributed by atoms with Gasteiger partial charge in [-0.05, 0) is 52.6 Å². The molecule has 0 heterocycles. The van der Waals surface area contributed by atoms with Gasteiger partial charge in [-0.25, -0.2) is 0 Å². The highest BCUT2D eigenvalue weighted by Gasteiger charge is 2.21. The van der Waals surface area contributed by atoms with Gasteiger partial charge in [0.05, 0.1) is 0 Å². The van der Waals surface area contributed by atoms with E-state index >= 15 is 0 Å².